The number of para-hydroxylation sites is 1. The van der Waals surface area contributed by atoms with E-state index in [4.69, 9.17) is 4.74 Å². The number of fused-ring (bicyclic) bond motifs is 1. The molecule has 0 aromatic heterocycles. The van der Waals surface area contributed by atoms with Crippen LogP contribution in [0.5, 0.6) is 5.75 Å². The fraction of sp³-hybridized carbons (Fsp3) is 0.200. The molecule has 2 aromatic carbocycles. The minimum absolute atomic E-state index is 0.0665. The highest BCUT2D eigenvalue weighted by Crippen LogP contribution is 2.36. The number of ether oxygens (including phenoxy) is 1. The summed E-state index contributed by atoms with van der Waals surface area (Å²) in [5, 5.41) is 3.46. The SMILES string of the molecule is Cc1cccc2c1NCC(c1cccc(Br)c1)O2. The number of hydrogen-bond donors (Lipinski definition) is 1. The number of benzene rings is 2. The van der Waals surface area contributed by atoms with Crippen molar-refractivity contribution in [1.29, 1.82) is 0 Å². The van der Waals surface area contributed by atoms with E-state index in [1.807, 2.05) is 24.3 Å². The summed E-state index contributed by atoms with van der Waals surface area (Å²) in [4.78, 5) is 0. The number of rotatable bonds is 1. The lowest BCUT2D eigenvalue weighted by atomic mass is 10.1. The third-order valence-corrected chi connectivity index (χ3v) is 3.68. The van der Waals surface area contributed by atoms with Gasteiger partial charge in [0.2, 0.25) is 0 Å². The Morgan fingerprint density at radius 2 is 2.06 bits per heavy atom. The molecule has 1 unspecified atom stereocenters. The van der Waals surface area contributed by atoms with Crippen molar-refractivity contribution < 1.29 is 4.74 Å². The molecule has 0 fully saturated rings. The number of aryl methyl sites for hydroxylation is 1. The van der Waals surface area contributed by atoms with Crippen molar-refractivity contribution in [3.8, 4) is 5.75 Å². The van der Waals surface area contributed by atoms with Crippen LogP contribution in [-0.2, 0) is 0 Å². The molecular weight excluding hydrogens is 290 g/mol. The average molecular weight is 304 g/mol. The van der Waals surface area contributed by atoms with E-state index in [1.165, 1.54) is 11.1 Å². The van der Waals surface area contributed by atoms with Crippen LogP contribution in [0.15, 0.2) is 46.9 Å². The predicted molar refractivity (Wildman–Crippen MR) is 77.2 cm³/mol. The minimum Gasteiger partial charge on any atom is -0.482 e. The van der Waals surface area contributed by atoms with Crippen LogP contribution in [0.3, 0.4) is 0 Å². The van der Waals surface area contributed by atoms with Crippen LogP contribution < -0.4 is 10.1 Å². The Kier molecular flexibility index (Phi) is 3.00. The third-order valence-electron chi connectivity index (χ3n) is 3.19. The molecule has 0 radical (unpaired) electrons. The molecule has 0 amide bonds. The number of anilines is 1. The van der Waals surface area contributed by atoms with E-state index < -0.39 is 0 Å². The number of hydrogen-bond acceptors (Lipinski definition) is 2. The van der Waals surface area contributed by atoms with Gasteiger partial charge in [0.05, 0.1) is 12.2 Å². The van der Waals surface area contributed by atoms with Crippen molar-refractivity contribution in [2.75, 3.05) is 11.9 Å². The summed E-state index contributed by atoms with van der Waals surface area (Å²) in [6.45, 7) is 2.89. The highest BCUT2D eigenvalue weighted by Gasteiger charge is 2.21. The van der Waals surface area contributed by atoms with E-state index in [1.54, 1.807) is 0 Å². The topological polar surface area (TPSA) is 21.3 Å². The summed E-state index contributed by atoms with van der Waals surface area (Å²) in [5.41, 5.74) is 3.52. The summed E-state index contributed by atoms with van der Waals surface area (Å²) in [7, 11) is 0. The lowest BCUT2D eigenvalue weighted by molar-refractivity contribution is 0.210. The van der Waals surface area contributed by atoms with Crippen molar-refractivity contribution in [3.05, 3.63) is 58.1 Å². The van der Waals surface area contributed by atoms with E-state index in [0.717, 1.165) is 22.5 Å². The first-order chi connectivity index (χ1) is 8.74. The zero-order chi connectivity index (χ0) is 12.5. The highest BCUT2D eigenvalue weighted by molar-refractivity contribution is 9.10. The maximum absolute atomic E-state index is 6.07. The second kappa shape index (κ2) is 4.65. The highest BCUT2D eigenvalue weighted by atomic mass is 79.9. The van der Waals surface area contributed by atoms with Crippen molar-refractivity contribution >= 4 is 21.6 Å². The second-order valence-electron chi connectivity index (χ2n) is 4.49. The van der Waals surface area contributed by atoms with Gasteiger partial charge in [0.1, 0.15) is 11.9 Å². The van der Waals surface area contributed by atoms with E-state index >= 15 is 0 Å². The third kappa shape index (κ3) is 2.10. The molecule has 2 nitrogen and oxygen atoms in total. The maximum atomic E-state index is 6.07. The van der Waals surface area contributed by atoms with Crippen LogP contribution in [-0.4, -0.2) is 6.54 Å². The van der Waals surface area contributed by atoms with Gasteiger partial charge in [-0.05, 0) is 36.2 Å². The fourth-order valence-electron chi connectivity index (χ4n) is 2.25. The summed E-state index contributed by atoms with van der Waals surface area (Å²) in [6.07, 6.45) is 0.0665. The lowest BCUT2D eigenvalue weighted by Gasteiger charge is -2.28. The molecule has 0 saturated carbocycles. The maximum Gasteiger partial charge on any atom is 0.143 e. The molecule has 0 spiro atoms. The molecule has 0 bridgehead atoms. The Hall–Kier alpha value is -1.48. The van der Waals surface area contributed by atoms with Crippen molar-refractivity contribution in [2.24, 2.45) is 0 Å². The van der Waals surface area contributed by atoms with Crippen LogP contribution in [0.25, 0.3) is 0 Å². The molecular formula is C15H14BrNO. The number of nitrogens with one attached hydrogen (secondary N) is 1. The first kappa shape index (κ1) is 11.6. The molecule has 1 heterocycles. The molecule has 3 rings (SSSR count). The molecule has 2 aromatic rings. The van der Waals surface area contributed by atoms with Crippen LogP contribution in [0.4, 0.5) is 5.69 Å². The normalized spacial score (nSPS) is 17.6. The van der Waals surface area contributed by atoms with Gasteiger partial charge >= 0.3 is 0 Å². The van der Waals surface area contributed by atoms with Gasteiger partial charge in [0, 0.05) is 4.47 Å². The summed E-state index contributed by atoms with van der Waals surface area (Å²) >= 11 is 3.50. The standard InChI is InChI=1S/C15H14BrNO/c1-10-4-2-7-13-15(10)17-9-14(18-13)11-5-3-6-12(16)8-11/h2-8,14,17H,9H2,1H3. The smallest absolute Gasteiger partial charge is 0.143 e. The van der Waals surface area contributed by atoms with Crippen molar-refractivity contribution in [3.63, 3.8) is 0 Å². The molecule has 1 aliphatic heterocycles. The molecule has 1 aliphatic rings. The zero-order valence-electron chi connectivity index (χ0n) is 10.1. The predicted octanol–water partition coefficient (Wildman–Crippen LogP) is 4.30. The summed E-state index contributed by atoms with van der Waals surface area (Å²) in [6, 6.07) is 14.4. The van der Waals surface area contributed by atoms with Crippen molar-refractivity contribution in [2.45, 2.75) is 13.0 Å². The largest absolute Gasteiger partial charge is 0.482 e. The van der Waals surface area contributed by atoms with E-state index in [-0.39, 0.29) is 6.10 Å². The van der Waals surface area contributed by atoms with Gasteiger partial charge in [-0.25, -0.2) is 0 Å². The van der Waals surface area contributed by atoms with Gasteiger partial charge < -0.3 is 10.1 Å². The average Bonchev–Trinajstić information content (AvgIpc) is 2.39. The monoisotopic (exact) mass is 303 g/mol. The lowest BCUT2D eigenvalue weighted by Crippen LogP contribution is -2.24. The van der Waals surface area contributed by atoms with Crippen LogP contribution in [0.2, 0.25) is 0 Å². The summed E-state index contributed by atoms with van der Waals surface area (Å²) < 4.78 is 7.15. The zero-order valence-corrected chi connectivity index (χ0v) is 11.7. The quantitative estimate of drug-likeness (QED) is 0.848. The summed E-state index contributed by atoms with van der Waals surface area (Å²) in [5.74, 6) is 0.936. The Morgan fingerprint density at radius 1 is 1.22 bits per heavy atom. The van der Waals surface area contributed by atoms with Gasteiger partial charge in [-0.3, -0.25) is 0 Å². The fourth-order valence-corrected chi connectivity index (χ4v) is 2.66. The number of halogens is 1. The molecule has 92 valence electrons. The van der Waals surface area contributed by atoms with Gasteiger partial charge in [-0.2, -0.15) is 0 Å². The van der Waals surface area contributed by atoms with Crippen LogP contribution >= 0.6 is 15.9 Å². The van der Waals surface area contributed by atoms with Gasteiger partial charge in [0.15, 0.2) is 0 Å². The molecule has 3 heteroatoms. The van der Waals surface area contributed by atoms with E-state index in [9.17, 15) is 0 Å². The Labute approximate surface area is 115 Å². The minimum atomic E-state index is 0.0665. The first-order valence-electron chi connectivity index (χ1n) is 5.99. The Morgan fingerprint density at radius 3 is 2.89 bits per heavy atom. The van der Waals surface area contributed by atoms with E-state index in [0.29, 0.717) is 0 Å². The van der Waals surface area contributed by atoms with E-state index in [2.05, 4.69) is 46.4 Å². The molecule has 0 aliphatic carbocycles. The van der Waals surface area contributed by atoms with Gasteiger partial charge in [0.25, 0.3) is 0 Å². The van der Waals surface area contributed by atoms with Crippen molar-refractivity contribution in [1.82, 2.24) is 0 Å². The first-order valence-corrected chi connectivity index (χ1v) is 6.79. The Bertz CT molecular complexity index is 582. The molecule has 18 heavy (non-hydrogen) atoms. The Balaban J connectivity index is 1.91. The van der Waals surface area contributed by atoms with Gasteiger partial charge in [-0.15, -0.1) is 0 Å². The second-order valence-corrected chi connectivity index (χ2v) is 5.41. The molecule has 0 saturated heterocycles. The van der Waals surface area contributed by atoms with Crippen LogP contribution in [0.1, 0.15) is 17.2 Å². The molecule has 1 N–H and O–H groups in total. The van der Waals surface area contributed by atoms with Gasteiger partial charge in [-0.1, -0.05) is 40.2 Å². The van der Waals surface area contributed by atoms with Crippen LogP contribution in [0, 0.1) is 6.92 Å². The molecule has 1 atom stereocenters.